The van der Waals surface area contributed by atoms with Crippen LogP contribution < -0.4 is 14.4 Å². The summed E-state index contributed by atoms with van der Waals surface area (Å²) in [7, 11) is -3.67. The first-order chi connectivity index (χ1) is 14.8. The fourth-order valence-corrected chi connectivity index (χ4v) is 4.65. The lowest BCUT2D eigenvalue weighted by Gasteiger charge is -2.23. The summed E-state index contributed by atoms with van der Waals surface area (Å²) in [6.45, 7) is 3.81. The molecular weight excluding hydrogens is 480 g/mol. The summed E-state index contributed by atoms with van der Waals surface area (Å²) in [5.41, 5.74) is 2.19. The van der Waals surface area contributed by atoms with Crippen LogP contribution in [0.3, 0.4) is 0 Å². The van der Waals surface area contributed by atoms with Gasteiger partial charge in [0.05, 0.1) is 10.6 Å². The van der Waals surface area contributed by atoms with Crippen LogP contribution in [0.4, 0.5) is 11.4 Å². The van der Waals surface area contributed by atoms with Gasteiger partial charge < -0.3 is 10.1 Å². The minimum Gasteiger partial charge on any atom is -0.484 e. The Kier molecular flexibility index (Phi) is 7.35. The Hall–Kier alpha value is -2.84. The number of sulfonamides is 1. The van der Waals surface area contributed by atoms with E-state index in [0.29, 0.717) is 17.1 Å². The predicted octanol–water partition coefficient (Wildman–Crippen LogP) is 4.99. The molecule has 0 spiro atoms. The highest BCUT2D eigenvalue weighted by Crippen LogP contribution is 2.26. The number of ether oxygens (including phenoxy) is 1. The first kappa shape index (κ1) is 22.8. The number of carbonyl (C=O) groups excluding carboxylic acids is 1. The van der Waals surface area contributed by atoms with E-state index >= 15 is 0 Å². The van der Waals surface area contributed by atoms with Gasteiger partial charge >= 0.3 is 0 Å². The SMILES string of the molecule is CCN(c1ccc(OCC(=O)Nc2ccc(Br)cc2)cc1)S(=O)(=O)c1ccc(C)cc1. The molecule has 6 nitrogen and oxygen atoms in total. The number of carbonyl (C=O) groups is 1. The van der Waals surface area contributed by atoms with Gasteiger partial charge in [0, 0.05) is 16.7 Å². The number of anilines is 2. The second-order valence-electron chi connectivity index (χ2n) is 6.82. The zero-order valence-electron chi connectivity index (χ0n) is 17.2. The number of benzene rings is 3. The Labute approximate surface area is 191 Å². The van der Waals surface area contributed by atoms with Crippen LogP contribution >= 0.6 is 15.9 Å². The van der Waals surface area contributed by atoms with Crippen LogP contribution in [0.1, 0.15) is 12.5 Å². The van der Waals surface area contributed by atoms with Crippen LogP contribution in [-0.2, 0) is 14.8 Å². The van der Waals surface area contributed by atoms with E-state index in [1.54, 1.807) is 67.6 Å². The van der Waals surface area contributed by atoms with Crippen LogP contribution in [0.2, 0.25) is 0 Å². The van der Waals surface area contributed by atoms with Gasteiger partial charge in [-0.25, -0.2) is 8.42 Å². The van der Waals surface area contributed by atoms with E-state index in [1.165, 1.54) is 4.31 Å². The lowest BCUT2D eigenvalue weighted by atomic mass is 10.2. The lowest BCUT2D eigenvalue weighted by Crippen LogP contribution is -2.30. The predicted molar refractivity (Wildman–Crippen MR) is 126 cm³/mol. The van der Waals surface area contributed by atoms with Crippen molar-refractivity contribution in [1.82, 2.24) is 0 Å². The Morgan fingerprint density at radius 1 is 0.968 bits per heavy atom. The van der Waals surface area contributed by atoms with Crippen LogP contribution in [0, 0.1) is 6.92 Å². The number of amides is 1. The van der Waals surface area contributed by atoms with E-state index in [0.717, 1.165) is 10.0 Å². The van der Waals surface area contributed by atoms with E-state index < -0.39 is 10.0 Å². The Morgan fingerprint density at radius 3 is 2.16 bits per heavy atom. The molecule has 0 heterocycles. The fourth-order valence-electron chi connectivity index (χ4n) is 2.92. The second kappa shape index (κ2) is 9.98. The summed E-state index contributed by atoms with van der Waals surface area (Å²) >= 11 is 3.34. The first-order valence-corrected chi connectivity index (χ1v) is 11.9. The number of aryl methyl sites for hydroxylation is 1. The summed E-state index contributed by atoms with van der Waals surface area (Å²) in [6.07, 6.45) is 0. The summed E-state index contributed by atoms with van der Waals surface area (Å²) in [4.78, 5) is 12.3. The van der Waals surface area contributed by atoms with E-state index in [4.69, 9.17) is 4.74 Å². The molecule has 0 aliphatic rings. The highest BCUT2D eigenvalue weighted by atomic mass is 79.9. The van der Waals surface area contributed by atoms with Gasteiger partial charge in [-0.15, -0.1) is 0 Å². The Balaban J connectivity index is 1.64. The Bertz CT molecular complexity index is 1130. The molecule has 0 aliphatic carbocycles. The average molecular weight is 503 g/mol. The van der Waals surface area contributed by atoms with Crippen molar-refractivity contribution >= 4 is 43.2 Å². The molecule has 1 amide bonds. The summed E-state index contributed by atoms with van der Waals surface area (Å²) in [5, 5.41) is 2.75. The normalized spacial score (nSPS) is 11.1. The molecule has 0 saturated carbocycles. The van der Waals surface area contributed by atoms with E-state index in [9.17, 15) is 13.2 Å². The monoisotopic (exact) mass is 502 g/mol. The smallest absolute Gasteiger partial charge is 0.264 e. The minimum atomic E-state index is -3.67. The molecule has 0 atom stereocenters. The number of hydrogen-bond acceptors (Lipinski definition) is 4. The van der Waals surface area contributed by atoms with E-state index in [-0.39, 0.29) is 24.0 Å². The van der Waals surface area contributed by atoms with E-state index in [2.05, 4.69) is 21.2 Å². The van der Waals surface area contributed by atoms with Crippen molar-refractivity contribution in [3.8, 4) is 5.75 Å². The highest BCUT2D eigenvalue weighted by Gasteiger charge is 2.23. The van der Waals surface area contributed by atoms with Gasteiger partial charge in [-0.05, 0) is 74.5 Å². The van der Waals surface area contributed by atoms with Gasteiger partial charge in [0.2, 0.25) is 0 Å². The number of halogens is 1. The molecule has 31 heavy (non-hydrogen) atoms. The van der Waals surface area contributed by atoms with Gasteiger partial charge in [0.25, 0.3) is 15.9 Å². The summed E-state index contributed by atoms with van der Waals surface area (Å²) in [5.74, 6) is 0.182. The van der Waals surface area contributed by atoms with Crippen molar-refractivity contribution in [2.45, 2.75) is 18.7 Å². The zero-order chi connectivity index (χ0) is 22.4. The van der Waals surface area contributed by atoms with Gasteiger partial charge in [0.15, 0.2) is 6.61 Å². The average Bonchev–Trinajstić information content (AvgIpc) is 2.75. The number of nitrogens with one attached hydrogen (secondary N) is 1. The molecule has 0 aliphatic heterocycles. The van der Waals surface area contributed by atoms with Crippen LogP contribution in [0.15, 0.2) is 82.2 Å². The van der Waals surface area contributed by atoms with Crippen LogP contribution in [0.5, 0.6) is 5.75 Å². The molecule has 8 heteroatoms. The van der Waals surface area contributed by atoms with Gasteiger partial charge in [0.1, 0.15) is 5.75 Å². The largest absolute Gasteiger partial charge is 0.484 e. The minimum absolute atomic E-state index is 0.158. The van der Waals surface area contributed by atoms with Crippen molar-refractivity contribution < 1.29 is 17.9 Å². The van der Waals surface area contributed by atoms with Gasteiger partial charge in [-0.2, -0.15) is 0 Å². The maximum Gasteiger partial charge on any atom is 0.264 e. The third kappa shape index (κ3) is 5.86. The zero-order valence-corrected chi connectivity index (χ0v) is 19.6. The van der Waals surface area contributed by atoms with Crippen molar-refractivity contribution in [3.63, 3.8) is 0 Å². The first-order valence-electron chi connectivity index (χ1n) is 9.67. The lowest BCUT2D eigenvalue weighted by molar-refractivity contribution is -0.118. The topological polar surface area (TPSA) is 75.7 Å². The maximum atomic E-state index is 13.0. The number of nitrogens with zero attached hydrogens (tertiary/aromatic N) is 1. The molecule has 0 unspecified atom stereocenters. The molecule has 0 saturated heterocycles. The van der Waals surface area contributed by atoms with Gasteiger partial charge in [-0.1, -0.05) is 33.6 Å². The number of hydrogen-bond donors (Lipinski definition) is 1. The second-order valence-corrected chi connectivity index (χ2v) is 9.60. The molecule has 0 aromatic heterocycles. The van der Waals surface area contributed by atoms with Gasteiger partial charge in [-0.3, -0.25) is 9.10 Å². The van der Waals surface area contributed by atoms with Crippen molar-refractivity contribution in [3.05, 3.63) is 82.8 Å². The molecule has 3 aromatic carbocycles. The van der Waals surface area contributed by atoms with Crippen molar-refractivity contribution in [2.24, 2.45) is 0 Å². The summed E-state index contributed by atoms with van der Waals surface area (Å²) in [6, 6.07) is 20.6. The Morgan fingerprint density at radius 2 is 1.58 bits per heavy atom. The van der Waals surface area contributed by atoms with Crippen molar-refractivity contribution in [1.29, 1.82) is 0 Å². The van der Waals surface area contributed by atoms with Crippen LogP contribution in [0.25, 0.3) is 0 Å². The molecule has 3 aromatic rings. The van der Waals surface area contributed by atoms with E-state index in [1.807, 2.05) is 19.1 Å². The molecule has 0 radical (unpaired) electrons. The fraction of sp³-hybridized carbons (Fsp3) is 0.174. The van der Waals surface area contributed by atoms with Crippen molar-refractivity contribution in [2.75, 3.05) is 22.8 Å². The van der Waals surface area contributed by atoms with Crippen LogP contribution in [-0.4, -0.2) is 27.5 Å². The molecular formula is C23H23BrN2O4S. The third-order valence-electron chi connectivity index (χ3n) is 4.52. The molecule has 1 N–H and O–H groups in total. The number of rotatable bonds is 8. The standard InChI is InChI=1S/C23H23BrN2O4S/c1-3-26(31(28,29)22-14-4-17(2)5-15-22)20-10-12-21(13-11-20)30-16-23(27)25-19-8-6-18(24)7-9-19/h4-15H,3,16H2,1-2H3,(H,25,27). The molecule has 3 rings (SSSR count). The maximum absolute atomic E-state index is 13.0. The molecule has 162 valence electrons. The quantitative estimate of drug-likeness (QED) is 0.470. The third-order valence-corrected chi connectivity index (χ3v) is 6.96. The molecule has 0 bridgehead atoms. The molecule has 0 fully saturated rings. The highest BCUT2D eigenvalue weighted by molar-refractivity contribution is 9.10. The summed E-state index contributed by atoms with van der Waals surface area (Å²) < 4.78 is 33.8.